The number of methoxy groups -OCH3 is 1. The molecule has 0 bridgehead atoms. The minimum absolute atomic E-state index is 0.0985. The Hall–Kier alpha value is -2.90. The number of ketones is 1. The molecule has 14 heteroatoms. The van der Waals surface area contributed by atoms with Crippen molar-refractivity contribution in [1.29, 1.82) is 0 Å². The van der Waals surface area contributed by atoms with E-state index in [4.69, 9.17) is 4.74 Å². The number of alkyl halides is 3. The lowest BCUT2D eigenvalue weighted by Crippen LogP contribution is -2.62. The number of hydrogen-bond donors (Lipinski definition) is 4. The molecule has 1 saturated heterocycles. The number of urea groups is 1. The molecule has 2 fully saturated rings. The van der Waals surface area contributed by atoms with Gasteiger partial charge in [0.25, 0.3) is 5.91 Å². The molecule has 5 atom stereocenters. The molecule has 1 saturated carbocycles. The molecular weight excluding hydrogens is 631 g/mol. The quantitative estimate of drug-likeness (QED) is 0.139. The number of likely N-dealkylation sites (tertiary alicyclic amines) is 1. The summed E-state index contributed by atoms with van der Waals surface area (Å²) < 4.78 is 45.0. The molecule has 2 aliphatic rings. The third-order valence-corrected chi connectivity index (χ3v) is 9.89. The first-order valence-corrected chi connectivity index (χ1v) is 17.3. The first-order valence-electron chi connectivity index (χ1n) is 17.3. The van der Waals surface area contributed by atoms with Gasteiger partial charge in [-0.2, -0.15) is 13.2 Å². The van der Waals surface area contributed by atoms with Gasteiger partial charge in [0, 0.05) is 26.6 Å². The molecule has 48 heavy (non-hydrogen) atoms. The van der Waals surface area contributed by atoms with E-state index in [1.54, 1.807) is 0 Å². The first kappa shape index (κ1) is 41.3. The summed E-state index contributed by atoms with van der Waals surface area (Å²) in [6, 6.07) is -4.75. The smallest absolute Gasteiger partial charge is 0.383 e. The molecule has 1 heterocycles. The minimum atomic E-state index is -4.62. The molecule has 11 nitrogen and oxygen atoms in total. The van der Waals surface area contributed by atoms with Gasteiger partial charge >= 0.3 is 12.2 Å². The van der Waals surface area contributed by atoms with Crippen LogP contribution in [0.2, 0.25) is 0 Å². The number of unbranched alkanes of at least 4 members (excludes halogenated alkanes) is 1. The van der Waals surface area contributed by atoms with E-state index in [0.29, 0.717) is 25.7 Å². The predicted octanol–water partition coefficient (Wildman–Crippen LogP) is 4.48. The molecule has 4 unspecified atom stereocenters. The zero-order chi connectivity index (χ0) is 36.4. The van der Waals surface area contributed by atoms with Crippen molar-refractivity contribution in [3.63, 3.8) is 0 Å². The maximum absolute atomic E-state index is 14.5. The Labute approximate surface area is 283 Å². The number of amides is 5. The number of ether oxygens (including phenoxy) is 1. The number of Topliss-reactive ketones (excluding diaryl/α,β-unsaturated/α-hetero) is 1. The van der Waals surface area contributed by atoms with Crippen LogP contribution in [0, 0.1) is 22.7 Å². The summed E-state index contributed by atoms with van der Waals surface area (Å²) in [7, 11) is 1.54. The van der Waals surface area contributed by atoms with Gasteiger partial charge in [-0.3, -0.25) is 19.2 Å². The Morgan fingerprint density at radius 3 is 2.15 bits per heavy atom. The lowest BCUT2D eigenvalue weighted by Gasteiger charge is -2.39. The van der Waals surface area contributed by atoms with Crippen LogP contribution >= 0.6 is 0 Å². The summed E-state index contributed by atoms with van der Waals surface area (Å²) in [5.74, 6) is -3.97. The van der Waals surface area contributed by atoms with E-state index in [1.807, 2.05) is 48.5 Å². The Morgan fingerprint density at radius 1 is 1.00 bits per heavy atom. The van der Waals surface area contributed by atoms with Gasteiger partial charge in [0.2, 0.25) is 17.6 Å². The zero-order valence-corrected chi connectivity index (χ0v) is 30.0. The van der Waals surface area contributed by atoms with E-state index < -0.39 is 72.1 Å². The Bertz CT molecular complexity index is 1120. The predicted molar refractivity (Wildman–Crippen MR) is 176 cm³/mol. The van der Waals surface area contributed by atoms with E-state index >= 15 is 0 Å². The number of nitrogens with zero attached hydrogens (tertiary/aromatic N) is 1. The van der Waals surface area contributed by atoms with Gasteiger partial charge in [0.15, 0.2) is 0 Å². The van der Waals surface area contributed by atoms with Gasteiger partial charge in [-0.05, 0) is 54.8 Å². The monoisotopic (exact) mass is 689 g/mol. The molecule has 276 valence electrons. The van der Waals surface area contributed by atoms with Crippen molar-refractivity contribution < 1.29 is 41.9 Å². The molecule has 5 amide bonds. The zero-order valence-electron chi connectivity index (χ0n) is 30.0. The molecule has 0 aromatic heterocycles. The lowest BCUT2D eigenvalue weighted by atomic mass is 9.79. The first-order chi connectivity index (χ1) is 22.3. The van der Waals surface area contributed by atoms with E-state index in [9.17, 15) is 37.1 Å². The van der Waals surface area contributed by atoms with Crippen molar-refractivity contribution in [3.05, 3.63) is 0 Å². The number of carbonyl (C=O) groups excluding carboxylic acids is 5. The standard InChI is InChI=1S/C34H58F3N5O6/c1-9-10-18-38-29(45)26(43)23(13-17-34(35,36)37)39-28(44)25-22(21(2)3)14-19-42(25)30(46)27(33(7)15-11-12-16-33)41-31(47)40-24(20-48-8)32(4,5)6/h21-25,27H,9-20H2,1-8H3,(H,38,45)(H,39,44)(H2,40,41,47)/t22-,23?,24?,25?,27?/m1/s1. The van der Waals surface area contributed by atoms with Gasteiger partial charge in [-0.1, -0.05) is 67.7 Å². The highest BCUT2D eigenvalue weighted by Crippen LogP contribution is 2.42. The van der Waals surface area contributed by atoms with Crippen LogP contribution in [0.4, 0.5) is 18.0 Å². The van der Waals surface area contributed by atoms with Crippen LogP contribution in [0.25, 0.3) is 0 Å². The topological polar surface area (TPSA) is 146 Å². The van der Waals surface area contributed by atoms with Crippen molar-refractivity contribution >= 4 is 29.5 Å². The highest BCUT2D eigenvalue weighted by molar-refractivity contribution is 6.38. The average Bonchev–Trinajstić information content (AvgIpc) is 3.64. The largest absolute Gasteiger partial charge is 0.389 e. The van der Waals surface area contributed by atoms with Gasteiger partial charge < -0.3 is 30.9 Å². The number of hydrogen-bond acceptors (Lipinski definition) is 6. The molecule has 4 N–H and O–H groups in total. The fraction of sp³-hybridized carbons (Fsp3) is 0.853. The summed E-state index contributed by atoms with van der Waals surface area (Å²) in [5, 5.41) is 10.7. The number of carbonyl (C=O) groups is 5. The molecule has 0 aromatic carbocycles. The third-order valence-electron chi connectivity index (χ3n) is 9.89. The highest BCUT2D eigenvalue weighted by atomic mass is 19.4. The van der Waals surface area contributed by atoms with Crippen molar-refractivity contribution in [2.75, 3.05) is 26.8 Å². The van der Waals surface area contributed by atoms with E-state index in [1.165, 1.54) is 12.0 Å². The third kappa shape index (κ3) is 11.6. The Balaban J connectivity index is 2.41. The van der Waals surface area contributed by atoms with Crippen molar-refractivity contribution in [1.82, 2.24) is 26.2 Å². The average molecular weight is 690 g/mol. The van der Waals surface area contributed by atoms with Crippen LogP contribution < -0.4 is 21.3 Å². The minimum Gasteiger partial charge on any atom is -0.383 e. The second-order valence-corrected chi connectivity index (χ2v) is 15.1. The summed E-state index contributed by atoms with van der Waals surface area (Å²) in [6.07, 6.45) is -2.02. The summed E-state index contributed by atoms with van der Waals surface area (Å²) in [4.78, 5) is 68.9. The number of rotatable bonds is 16. The van der Waals surface area contributed by atoms with Gasteiger partial charge in [-0.15, -0.1) is 0 Å². The maximum atomic E-state index is 14.5. The number of halogens is 3. The Kier molecular flexibility index (Phi) is 15.2. The summed E-state index contributed by atoms with van der Waals surface area (Å²) >= 11 is 0. The molecule has 0 aromatic rings. The van der Waals surface area contributed by atoms with Crippen molar-refractivity contribution in [2.24, 2.45) is 22.7 Å². The molecule has 1 aliphatic carbocycles. The second kappa shape index (κ2) is 17.7. The number of nitrogens with one attached hydrogen (secondary N) is 4. The molecular formula is C34H58F3N5O6. The van der Waals surface area contributed by atoms with Crippen LogP contribution in [-0.4, -0.2) is 91.6 Å². The van der Waals surface area contributed by atoms with Crippen LogP contribution in [0.1, 0.15) is 106 Å². The van der Waals surface area contributed by atoms with Gasteiger partial charge in [0.05, 0.1) is 18.7 Å². The van der Waals surface area contributed by atoms with Crippen LogP contribution in [0.3, 0.4) is 0 Å². The second-order valence-electron chi connectivity index (χ2n) is 15.1. The fourth-order valence-electron chi connectivity index (χ4n) is 6.73. The molecule has 2 rings (SSSR count). The molecule has 0 spiro atoms. The summed E-state index contributed by atoms with van der Waals surface area (Å²) in [6.45, 7) is 14.1. The van der Waals surface area contributed by atoms with Crippen molar-refractivity contribution in [2.45, 2.75) is 137 Å². The SMILES string of the molecule is CCCCNC(=O)C(=O)C(CCC(F)(F)F)NC(=O)C1[C@@H](C(C)C)CCN1C(=O)C(NC(=O)NC(COC)C(C)(C)C)C1(C)CCCC1. The van der Waals surface area contributed by atoms with Crippen LogP contribution in [0.15, 0.2) is 0 Å². The summed E-state index contributed by atoms with van der Waals surface area (Å²) in [5.41, 5.74) is -0.953. The van der Waals surface area contributed by atoms with Crippen molar-refractivity contribution in [3.8, 4) is 0 Å². The van der Waals surface area contributed by atoms with Gasteiger partial charge in [-0.25, -0.2) is 4.79 Å². The van der Waals surface area contributed by atoms with Crippen LogP contribution in [-0.2, 0) is 23.9 Å². The highest BCUT2D eigenvalue weighted by Gasteiger charge is 2.50. The van der Waals surface area contributed by atoms with E-state index in [-0.39, 0.29) is 43.0 Å². The van der Waals surface area contributed by atoms with E-state index in [0.717, 1.165) is 19.3 Å². The fourth-order valence-corrected chi connectivity index (χ4v) is 6.73. The van der Waals surface area contributed by atoms with Crippen LogP contribution in [0.5, 0.6) is 0 Å². The van der Waals surface area contributed by atoms with E-state index in [2.05, 4.69) is 21.3 Å². The maximum Gasteiger partial charge on any atom is 0.389 e. The Morgan fingerprint density at radius 2 is 1.62 bits per heavy atom. The lowest BCUT2D eigenvalue weighted by molar-refractivity contribution is -0.148. The normalized spacial score (nSPS) is 21.4. The van der Waals surface area contributed by atoms with Gasteiger partial charge in [0.1, 0.15) is 12.1 Å². The molecule has 0 radical (unpaired) electrons. The molecule has 1 aliphatic heterocycles.